The van der Waals surface area contributed by atoms with Gasteiger partial charge in [-0.1, -0.05) is 13.2 Å². The maximum absolute atomic E-state index is 8.61. The van der Waals surface area contributed by atoms with Crippen LogP contribution < -0.4 is 0 Å². The standard InChI is InChI=1S/C11H21OS/c1-3-9-13(10-4-2)11-7-5-6-8-12/h3-4,12H,1-2,5-11H2/q+1. The molecule has 0 unspecified atom stereocenters. The fourth-order valence-electron chi connectivity index (χ4n) is 1.16. The van der Waals surface area contributed by atoms with Crippen molar-refractivity contribution in [3.8, 4) is 0 Å². The normalized spacial score (nSPS) is 10.3. The molecule has 0 radical (unpaired) electrons. The number of aliphatic hydroxyl groups is 1. The molecule has 13 heavy (non-hydrogen) atoms. The third kappa shape index (κ3) is 8.13. The van der Waals surface area contributed by atoms with Crippen LogP contribution in [0.15, 0.2) is 25.3 Å². The summed E-state index contributed by atoms with van der Waals surface area (Å²) < 4.78 is 0. The molecule has 0 amide bonds. The Kier molecular flexibility index (Phi) is 9.72. The summed E-state index contributed by atoms with van der Waals surface area (Å²) in [6.07, 6.45) is 7.32. The topological polar surface area (TPSA) is 20.2 Å². The Balaban J connectivity index is 3.43. The van der Waals surface area contributed by atoms with E-state index in [1.807, 2.05) is 12.2 Å². The SMILES string of the molecule is C=CC[S+](CC=C)CCCCCO. The van der Waals surface area contributed by atoms with E-state index in [2.05, 4.69) is 13.2 Å². The molecule has 0 aromatic heterocycles. The van der Waals surface area contributed by atoms with Gasteiger partial charge in [-0.05, 0) is 42.3 Å². The molecule has 76 valence electrons. The van der Waals surface area contributed by atoms with Crippen LogP contribution in [0.5, 0.6) is 0 Å². The van der Waals surface area contributed by atoms with E-state index in [4.69, 9.17) is 5.11 Å². The number of hydrogen-bond donors (Lipinski definition) is 1. The predicted octanol–water partition coefficient (Wildman–Crippen LogP) is 2.14. The number of rotatable bonds is 9. The molecule has 1 N–H and O–H groups in total. The lowest BCUT2D eigenvalue weighted by Crippen LogP contribution is -2.13. The van der Waals surface area contributed by atoms with Gasteiger partial charge in [0, 0.05) is 6.61 Å². The van der Waals surface area contributed by atoms with Gasteiger partial charge in [-0.25, -0.2) is 0 Å². The first kappa shape index (κ1) is 12.8. The molecule has 2 heteroatoms. The van der Waals surface area contributed by atoms with Crippen molar-refractivity contribution in [1.29, 1.82) is 0 Å². The third-order valence-corrected chi connectivity index (χ3v) is 4.08. The van der Waals surface area contributed by atoms with Crippen molar-refractivity contribution in [3.63, 3.8) is 0 Å². The van der Waals surface area contributed by atoms with Crippen LogP contribution in [0.3, 0.4) is 0 Å². The second-order valence-electron chi connectivity index (χ2n) is 3.01. The molecule has 0 saturated heterocycles. The van der Waals surface area contributed by atoms with Crippen molar-refractivity contribution >= 4 is 10.9 Å². The summed E-state index contributed by atoms with van der Waals surface area (Å²) in [7, 11) is 0.454. The number of hydrogen-bond acceptors (Lipinski definition) is 1. The van der Waals surface area contributed by atoms with Gasteiger partial charge in [-0.15, -0.1) is 0 Å². The lowest BCUT2D eigenvalue weighted by Gasteiger charge is -2.03. The Morgan fingerprint density at radius 3 is 2.08 bits per heavy atom. The molecule has 1 nitrogen and oxygen atoms in total. The van der Waals surface area contributed by atoms with Crippen molar-refractivity contribution in [2.45, 2.75) is 19.3 Å². The van der Waals surface area contributed by atoms with Crippen molar-refractivity contribution < 1.29 is 5.11 Å². The molecule has 0 heterocycles. The first-order chi connectivity index (χ1) is 6.35. The predicted molar refractivity (Wildman–Crippen MR) is 63.3 cm³/mol. The second-order valence-corrected chi connectivity index (χ2v) is 5.31. The summed E-state index contributed by atoms with van der Waals surface area (Å²) in [6.45, 7) is 7.85. The summed E-state index contributed by atoms with van der Waals surface area (Å²) >= 11 is 0. The molecule has 0 fully saturated rings. The molecule has 0 aromatic carbocycles. The maximum Gasteiger partial charge on any atom is 0.126 e. The highest BCUT2D eigenvalue weighted by atomic mass is 32.2. The Hall–Kier alpha value is -0.210. The van der Waals surface area contributed by atoms with E-state index in [9.17, 15) is 0 Å². The van der Waals surface area contributed by atoms with Gasteiger partial charge in [0.25, 0.3) is 0 Å². The van der Waals surface area contributed by atoms with Crippen molar-refractivity contribution in [2.75, 3.05) is 23.9 Å². The van der Waals surface area contributed by atoms with E-state index < -0.39 is 0 Å². The average molecular weight is 201 g/mol. The fourth-order valence-corrected chi connectivity index (χ4v) is 2.91. The van der Waals surface area contributed by atoms with E-state index in [0.29, 0.717) is 17.5 Å². The largest absolute Gasteiger partial charge is 0.396 e. The first-order valence-corrected chi connectivity index (χ1v) is 6.55. The smallest absolute Gasteiger partial charge is 0.126 e. The first-order valence-electron chi connectivity index (χ1n) is 4.82. The summed E-state index contributed by atoms with van der Waals surface area (Å²) in [4.78, 5) is 0. The molecule has 0 saturated carbocycles. The van der Waals surface area contributed by atoms with Crippen LogP contribution in [0.1, 0.15) is 19.3 Å². The minimum atomic E-state index is 0.330. The van der Waals surface area contributed by atoms with Gasteiger partial charge in [0.05, 0.1) is 0 Å². The third-order valence-electron chi connectivity index (χ3n) is 1.80. The zero-order valence-corrected chi connectivity index (χ0v) is 9.19. The molecule has 0 aliphatic rings. The van der Waals surface area contributed by atoms with Gasteiger partial charge in [0.1, 0.15) is 17.3 Å². The molecule has 0 rings (SSSR count). The van der Waals surface area contributed by atoms with Crippen molar-refractivity contribution in [2.24, 2.45) is 0 Å². The van der Waals surface area contributed by atoms with Crippen LogP contribution in [-0.4, -0.2) is 29.0 Å². The maximum atomic E-state index is 8.61. The Bertz CT molecular complexity index is 124. The van der Waals surface area contributed by atoms with Crippen LogP contribution in [0.4, 0.5) is 0 Å². The van der Waals surface area contributed by atoms with Gasteiger partial charge in [0.2, 0.25) is 0 Å². The number of unbranched alkanes of at least 4 members (excludes halogenated alkanes) is 2. The summed E-state index contributed by atoms with van der Waals surface area (Å²) in [5.41, 5.74) is 0. The van der Waals surface area contributed by atoms with E-state index in [1.54, 1.807) is 0 Å². The molecule has 0 spiro atoms. The molecule has 0 aliphatic heterocycles. The summed E-state index contributed by atoms with van der Waals surface area (Å²) in [5.74, 6) is 3.49. The van der Waals surface area contributed by atoms with Gasteiger partial charge in [0.15, 0.2) is 0 Å². The fraction of sp³-hybridized carbons (Fsp3) is 0.636. The minimum Gasteiger partial charge on any atom is -0.396 e. The molecule has 0 aliphatic carbocycles. The highest BCUT2D eigenvalue weighted by Crippen LogP contribution is 2.04. The lowest BCUT2D eigenvalue weighted by molar-refractivity contribution is 0.284. The van der Waals surface area contributed by atoms with Gasteiger partial charge in [-0.2, -0.15) is 0 Å². The zero-order valence-electron chi connectivity index (χ0n) is 8.37. The zero-order chi connectivity index (χ0) is 9.94. The Morgan fingerprint density at radius 1 is 1.00 bits per heavy atom. The summed E-state index contributed by atoms with van der Waals surface area (Å²) in [6, 6.07) is 0. The molecular weight excluding hydrogens is 180 g/mol. The minimum absolute atomic E-state index is 0.330. The van der Waals surface area contributed by atoms with Crippen LogP contribution in [-0.2, 0) is 10.9 Å². The monoisotopic (exact) mass is 201 g/mol. The molecular formula is C11H21OS+. The second kappa shape index (κ2) is 9.87. The van der Waals surface area contributed by atoms with Gasteiger partial charge >= 0.3 is 0 Å². The average Bonchev–Trinajstić information content (AvgIpc) is 2.13. The van der Waals surface area contributed by atoms with Crippen molar-refractivity contribution in [3.05, 3.63) is 25.3 Å². The van der Waals surface area contributed by atoms with E-state index in [0.717, 1.165) is 24.3 Å². The van der Waals surface area contributed by atoms with E-state index >= 15 is 0 Å². The van der Waals surface area contributed by atoms with Crippen LogP contribution in [0, 0.1) is 0 Å². The van der Waals surface area contributed by atoms with Crippen LogP contribution in [0.25, 0.3) is 0 Å². The van der Waals surface area contributed by atoms with E-state index in [1.165, 1.54) is 12.2 Å². The molecule has 0 aromatic rings. The van der Waals surface area contributed by atoms with Crippen molar-refractivity contribution in [1.82, 2.24) is 0 Å². The number of aliphatic hydroxyl groups excluding tert-OH is 1. The van der Waals surface area contributed by atoms with Crippen LogP contribution in [0.2, 0.25) is 0 Å². The Morgan fingerprint density at radius 2 is 1.62 bits per heavy atom. The lowest BCUT2D eigenvalue weighted by atomic mass is 10.3. The highest BCUT2D eigenvalue weighted by molar-refractivity contribution is 7.97. The van der Waals surface area contributed by atoms with E-state index in [-0.39, 0.29) is 0 Å². The van der Waals surface area contributed by atoms with Gasteiger partial charge < -0.3 is 5.11 Å². The Labute approximate surface area is 84.9 Å². The molecule has 0 bridgehead atoms. The summed E-state index contributed by atoms with van der Waals surface area (Å²) in [5, 5.41) is 8.61. The molecule has 0 atom stereocenters. The van der Waals surface area contributed by atoms with Crippen LogP contribution >= 0.6 is 0 Å². The van der Waals surface area contributed by atoms with Gasteiger partial charge in [-0.3, -0.25) is 0 Å². The quantitative estimate of drug-likeness (QED) is 0.344. The highest BCUT2D eigenvalue weighted by Gasteiger charge is 2.12.